The van der Waals surface area contributed by atoms with Crippen molar-refractivity contribution >= 4 is 40.6 Å². The molecule has 0 radical (unpaired) electrons. The predicted molar refractivity (Wildman–Crippen MR) is 157 cm³/mol. The van der Waals surface area contributed by atoms with Crippen LogP contribution in [0.15, 0.2) is 18.2 Å². The summed E-state index contributed by atoms with van der Waals surface area (Å²) in [6.07, 6.45) is 21.9. The lowest BCUT2D eigenvalue weighted by molar-refractivity contribution is -0.116. The molecule has 1 amide bonds. The number of carbonyl (C=O) groups is 1. The van der Waals surface area contributed by atoms with Gasteiger partial charge < -0.3 is 10.6 Å². The molecule has 0 aliphatic heterocycles. The molecule has 3 nitrogen and oxygen atoms in total. The van der Waals surface area contributed by atoms with Gasteiger partial charge in [-0.05, 0) is 42.9 Å². The van der Waals surface area contributed by atoms with E-state index < -0.39 is 0 Å². The molecule has 0 saturated carbocycles. The monoisotopic (exact) mass is 506 g/mol. The molecule has 0 spiro atoms. The Morgan fingerprint density at radius 3 is 2.00 bits per heavy atom. The molecular formula is C29H50N2OS2. The molecule has 2 N–H and O–H groups in total. The molecule has 1 aromatic rings. The highest BCUT2D eigenvalue weighted by Gasteiger charge is 2.09. The summed E-state index contributed by atoms with van der Waals surface area (Å²) in [7, 11) is 0. The summed E-state index contributed by atoms with van der Waals surface area (Å²) < 4.78 is 0. The number of nitrogens with one attached hydrogen (secondary N) is 2. The minimum absolute atomic E-state index is 0.119. The summed E-state index contributed by atoms with van der Waals surface area (Å²) in [5.41, 5.74) is 3.05. The first kappa shape index (κ1) is 31.0. The Balaban J connectivity index is 2.22. The molecule has 0 fully saturated rings. The summed E-state index contributed by atoms with van der Waals surface area (Å²) in [5, 5.41) is 6.48. The molecule has 0 saturated heterocycles. The van der Waals surface area contributed by atoms with E-state index in [1.807, 2.05) is 17.8 Å². The van der Waals surface area contributed by atoms with E-state index in [0.717, 1.165) is 59.8 Å². The lowest BCUT2D eigenvalue weighted by Gasteiger charge is -2.14. The third-order valence-electron chi connectivity index (χ3n) is 6.35. The number of benzene rings is 1. The van der Waals surface area contributed by atoms with Gasteiger partial charge in [0.15, 0.2) is 0 Å². The van der Waals surface area contributed by atoms with Gasteiger partial charge in [-0.1, -0.05) is 115 Å². The van der Waals surface area contributed by atoms with Crippen LogP contribution in [0.5, 0.6) is 0 Å². The molecule has 5 heteroatoms. The van der Waals surface area contributed by atoms with Crippen molar-refractivity contribution in [2.75, 3.05) is 23.9 Å². The van der Waals surface area contributed by atoms with Crippen molar-refractivity contribution < 1.29 is 4.79 Å². The van der Waals surface area contributed by atoms with Crippen molar-refractivity contribution in [3.8, 4) is 0 Å². The van der Waals surface area contributed by atoms with E-state index in [-0.39, 0.29) is 5.91 Å². The fourth-order valence-electron chi connectivity index (χ4n) is 4.18. The highest BCUT2D eigenvalue weighted by molar-refractivity contribution is 7.98. The Morgan fingerprint density at radius 1 is 0.853 bits per heavy atom. The first-order valence-electron chi connectivity index (χ1n) is 13.8. The molecule has 0 heterocycles. The van der Waals surface area contributed by atoms with E-state index in [4.69, 9.17) is 12.2 Å². The molecule has 0 atom stereocenters. The average Bonchev–Trinajstić information content (AvgIpc) is 2.84. The Kier molecular flexibility index (Phi) is 19.3. The zero-order valence-electron chi connectivity index (χ0n) is 22.2. The van der Waals surface area contributed by atoms with Crippen molar-refractivity contribution in [2.45, 2.75) is 117 Å². The van der Waals surface area contributed by atoms with Gasteiger partial charge in [0, 0.05) is 24.2 Å². The lowest BCUT2D eigenvalue weighted by Crippen LogP contribution is -2.24. The third-order valence-corrected chi connectivity index (χ3v) is 7.42. The highest BCUT2D eigenvalue weighted by atomic mass is 32.2. The van der Waals surface area contributed by atoms with Gasteiger partial charge in [-0.3, -0.25) is 4.79 Å². The zero-order valence-corrected chi connectivity index (χ0v) is 23.8. The molecule has 0 aliphatic carbocycles. The molecule has 1 aromatic carbocycles. The van der Waals surface area contributed by atoms with Crippen LogP contribution < -0.4 is 10.6 Å². The van der Waals surface area contributed by atoms with Crippen molar-refractivity contribution in [3.63, 3.8) is 0 Å². The Hall–Kier alpha value is -1.07. The van der Waals surface area contributed by atoms with E-state index in [0.29, 0.717) is 6.42 Å². The maximum absolute atomic E-state index is 12.5. The Bertz CT molecular complexity index is 678. The van der Waals surface area contributed by atoms with E-state index in [9.17, 15) is 4.79 Å². The molecule has 194 valence electrons. The van der Waals surface area contributed by atoms with Crippen molar-refractivity contribution in [1.82, 2.24) is 5.32 Å². The molecule has 34 heavy (non-hydrogen) atoms. The van der Waals surface area contributed by atoms with E-state index in [1.54, 1.807) is 0 Å². The highest BCUT2D eigenvalue weighted by Crippen LogP contribution is 2.20. The number of thioether (sulfide) groups is 1. The van der Waals surface area contributed by atoms with Crippen LogP contribution in [0.25, 0.3) is 0 Å². The average molecular weight is 507 g/mol. The first-order valence-corrected chi connectivity index (χ1v) is 15.6. The van der Waals surface area contributed by atoms with Crippen molar-refractivity contribution in [3.05, 3.63) is 29.3 Å². The Labute approximate surface area is 220 Å². The minimum atomic E-state index is 0.119. The zero-order chi connectivity index (χ0) is 24.9. The number of hydrogen-bond donors (Lipinski definition) is 2. The number of carbonyl (C=O) groups excluding carboxylic acids is 1. The van der Waals surface area contributed by atoms with Crippen LogP contribution in [0.2, 0.25) is 0 Å². The van der Waals surface area contributed by atoms with Gasteiger partial charge in [0.25, 0.3) is 0 Å². The van der Waals surface area contributed by atoms with Crippen LogP contribution in [0, 0.1) is 0 Å². The van der Waals surface area contributed by atoms with Crippen LogP contribution in [0.4, 0.5) is 5.69 Å². The molecular weight excluding hydrogens is 456 g/mol. The second-order valence-electron chi connectivity index (χ2n) is 9.37. The van der Waals surface area contributed by atoms with Crippen LogP contribution in [-0.2, 0) is 11.2 Å². The Morgan fingerprint density at radius 2 is 1.44 bits per heavy atom. The normalized spacial score (nSPS) is 10.9. The standard InChI is InChI=1S/C29H50N2OS2/c1-4-6-7-8-9-10-11-12-13-14-15-16-17-19-28(32)31-27-24-26(21-20-25(27)5-2)29(33)30-22-18-23-34-3/h20-21,24H,4-19,22-23H2,1-3H3,(H,30,33)(H,31,32). The van der Waals surface area contributed by atoms with Crippen molar-refractivity contribution in [1.29, 1.82) is 0 Å². The van der Waals surface area contributed by atoms with Gasteiger partial charge in [0.05, 0.1) is 0 Å². The number of amides is 1. The van der Waals surface area contributed by atoms with Gasteiger partial charge in [0.2, 0.25) is 5.91 Å². The first-order chi connectivity index (χ1) is 16.6. The van der Waals surface area contributed by atoms with Crippen LogP contribution in [0.1, 0.15) is 121 Å². The second-order valence-corrected chi connectivity index (χ2v) is 10.8. The van der Waals surface area contributed by atoms with Gasteiger partial charge in [0.1, 0.15) is 4.99 Å². The molecule has 0 bridgehead atoms. The number of rotatable bonds is 21. The van der Waals surface area contributed by atoms with E-state index >= 15 is 0 Å². The number of unbranched alkanes of at least 4 members (excludes halogenated alkanes) is 12. The fourth-order valence-corrected chi connectivity index (χ4v) is 4.84. The van der Waals surface area contributed by atoms with Crippen molar-refractivity contribution in [2.24, 2.45) is 0 Å². The van der Waals surface area contributed by atoms with Crippen LogP contribution >= 0.6 is 24.0 Å². The molecule has 0 aliphatic rings. The maximum atomic E-state index is 12.5. The number of thiocarbonyl (C=S) groups is 1. The van der Waals surface area contributed by atoms with E-state index in [1.165, 1.54) is 70.6 Å². The SMILES string of the molecule is CCCCCCCCCCCCCCCC(=O)Nc1cc(C(=S)NCCCSC)ccc1CC. The quantitative estimate of drug-likeness (QED) is 0.129. The number of hydrogen-bond acceptors (Lipinski definition) is 3. The number of anilines is 1. The van der Waals surface area contributed by atoms with Crippen LogP contribution in [0.3, 0.4) is 0 Å². The third kappa shape index (κ3) is 15.0. The predicted octanol–water partition coefficient (Wildman–Crippen LogP) is 8.69. The largest absolute Gasteiger partial charge is 0.376 e. The summed E-state index contributed by atoms with van der Waals surface area (Å²) in [6.45, 7) is 5.28. The summed E-state index contributed by atoms with van der Waals surface area (Å²) in [5.74, 6) is 1.25. The van der Waals surface area contributed by atoms with Gasteiger partial charge in [-0.25, -0.2) is 0 Å². The van der Waals surface area contributed by atoms with Crippen LogP contribution in [-0.4, -0.2) is 29.4 Å². The van der Waals surface area contributed by atoms with E-state index in [2.05, 4.69) is 42.9 Å². The minimum Gasteiger partial charge on any atom is -0.376 e. The summed E-state index contributed by atoms with van der Waals surface area (Å²) in [6, 6.07) is 6.18. The van der Waals surface area contributed by atoms with Gasteiger partial charge in [-0.2, -0.15) is 11.8 Å². The smallest absolute Gasteiger partial charge is 0.224 e. The molecule has 0 aromatic heterocycles. The summed E-state index contributed by atoms with van der Waals surface area (Å²) in [4.78, 5) is 13.3. The molecule has 1 rings (SSSR count). The van der Waals surface area contributed by atoms with Gasteiger partial charge in [-0.15, -0.1) is 0 Å². The fraction of sp³-hybridized carbons (Fsp3) is 0.724. The topological polar surface area (TPSA) is 41.1 Å². The maximum Gasteiger partial charge on any atom is 0.224 e. The van der Waals surface area contributed by atoms with Gasteiger partial charge >= 0.3 is 0 Å². The second kappa shape index (κ2) is 21.2. The lowest BCUT2D eigenvalue weighted by atomic mass is 10.0. The number of aryl methyl sites for hydroxylation is 1. The summed E-state index contributed by atoms with van der Waals surface area (Å²) >= 11 is 7.41. The molecule has 0 unspecified atom stereocenters.